The molecule has 0 atom stereocenters. The van der Waals surface area contributed by atoms with Gasteiger partial charge in [-0.15, -0.1) is 0 Å². The van der Waals surface area contributed by atoms with Crippen molar-refractivity contribution in [2.45, 2.75) is 25.8 Å². The predicted molar refractivity (Wildman–Crippen MR) is 79.3 cm³/mol. The topological polar surface area (TPSA) is 70.7 Å². The van der Waals surface area contributed by atoms with Gasteiger partial charge in [0.05, 0.1) is 24.4 Å². The van der Waals surface area contributed by atoms with E-state index in [2.05, 4.69) is 16.4 Å². The molecular weight excluding hydrogens is 264 g/mol. The average molecular weight is 282 g/mol. The second kappa shape index (κ2) is 7.85. The van der Waals surface area contributed by atoms with Crippen LogP contribution in [0.5, 0.6) is 0 Å². The Hall–Kier alpha value is -2.61. The smallest absolute Gasteiger partial charge is 0.224 e. The van der Waals surface area contributed by atoms with Crippen molar-refractivity contribution in [1.82, 2.24) is 14.9 Å². The van der Waals surface area contributed by atoms with Gasteiger partial charge in [-0.25, -0.2) is 4.98 Å². The first-order valence-corrected chi connectivity index (χ1v) is 6.99. The minimum atomic E-state index is 0.0161. The molecule has 0 aliphatic carbocycles. The first-order valence-electron chi connectivity index (χ1n) is 6.99. The molecule has 5 heteroatoms. The number of hydrogen-bond donors (Lipinski definition) is 1. The highest BCUT2D eigenvalue weighted by Crippen LogP contribution is 2.04. The average Bonchev–Trinajstić information content (AvgIpc) is 3.01. The quantitative estimate of drug-likeness (QED) is 0.788. The van der Waals surface area contributed by atoms with Crippen molar-refractivity contribution < 1.29 is 4.79 Å². The fourth-order valence-electron chi connectivity index (χ4n) is 2.01. The lowest BCUT2D eigenvalue weighted by Crippen LogP contribution is -2.26. The zero-order valence-electron chi connectivity index (χ0n) is 11.8. The molecule has 2 rings (SSSR count). The Morgan fingerprint density at radius 1 is 1.29 bits per heavy atom. The van der Waals surface area contributed by atoms with Crippen molar-refractivity contribution in [1.29, 1.82) is 5.26 Å². The summed E-state index contributed by atoms with van der Waals surface area (Å²) in [5, 5.41) is 11.6. The number of carbonyl (C=O) groups excluding carboxylic acids is 1. The summed E-state index contributed by atoms with van der Waals surface area (Å²) >= 11 is 0. The molecule has 0 aliphatic rings. The van der Waals surface area contributed by atoms with Crippen molar-refractivity contribution in [2.24, 2.45) is 0 Å². The van der Waals surface area contributed by atoms with E-state index in [0.717, 1.165) is 24.9 Å². The molecular formula is C16H18N4O. The third-order valence-electron chi connectivity index (χ3n) is 3.17. The summed E-state index contributed by atoms with van der Waals surface area (Å²) in [6.45, 7) is 1.61. The Labute approximate surface area is 124 Å². The molecule has 1 amide bonds. The molecule has 1 aromatic heterocycles. The molecule has 0 saturated heterocycles. The molecule has 0 fully saturated rings. The van der Waals surface area contributed by atoms with Crippen LogP contribution in [0.2, 0.25) is 0 Å². The Morgan fingerprint density at radius 3 is 2.76 bits per heavy atom. The van der Waals surface area contributed by atoms with Crippen LogP contribution in [-0.2, 0) is 17.8 Å². The Bertz CT molecular complexity index is 596. The molecule has 0 saturated carbocycles. The molecule has 108 valence electrons. The number of nitriles is 1. The summed E-state index contributed by atoms with van der Waals surface area (Å²) in [6.07, 6.45) is 7.80. The van der Waals surface area contributed by atoms with Gasteiger partial charge in [-0.05, 0) is 30.5 Å². The zero-order chi connectivity index (χ0) is 14.9. The Morgan fingerprint density at radius 2 is 2.10 bits per heavy atom. The van der Waals surface area contributed by atoms with Crippen molar-refractivity contribution in [3.63, 3.8) is 0 Å². The van der Waals surface area contributed by atoms with Crippen molar-refractivity contribution in [2.75, 3.05) is 6.54 Å². The summed E-state index contributed by atoms with van der Waals surface area (Å²) in [5.74, 6) is 0.0161. The molecule has 1 N–H and O–H groups in total. The van der Waals surface area contributed by atoms with Gasteiger partial charge < -0.3 is 9.88 Å². The van der Waals surface area contributed by atoms with Gasteiger partial charge >= 0.3 is 0 Å². The molecule has 1 aromatic carbocycles. The van der Waals surface area contributed by atoms with Crippen molar-refractivity contribution in [3.8, 4) is 6.07 Å². The van der Waals surface area contributed by atoms with Crippen LogP contribution in [0, 0.1) is 11.3 Å². The number of hydrogen-bond acceptors (Lipinski definition) is 3. The lowest BCUT2D eigenvalue weighted by molar-refractivity contribution is -0.120. The first kappa shape index (κ1) is 14.8. The number of aryl methyl sites for hydroxylation is 1. The Balaban J connectivity index is 1.62. The van der Waals surface area contributed by atoms with E-state index in [-0.39, 0.29) is 5.91 Å². The maximum atomic E-state index is 11.8. The van der Waals surface area contributed by atoms with Crippen molar-refractivity contribution >= 4 is 5.91 Å². The predicted octanol–water partition coefficient (Wildman–Crippen LogP) is 1.89. The largest absolute Gasteiger partial charge is 0.356 e. The highest BCUT2D eigenvalue weighted by atomic mass is 16.1. The normalized spacial score (nSPS) is 10.0. The lowest BCUT2D eigenvalue weighted by Gasteiger charge is -2.06. The fraction of sp³-hybridized carbons (Fsp3) is 0.312. The molecule has 0 bridgehead atoms. The van der Waals surface area contributed by atoms with E-state index < -0.39 is 0 Å². The van der Waals surface area contributed by atoms with Crippen LogP contribution in [0.25, 0.3) is 0 Å². The van der Waals surface area contributed by atoms with Crippen LogP contribution < -0.4 is 5.32 Å². The van der Waals surface area contributed by atoms with Crippen LogP contribution in [0.4, 0.5) is 0 Å². The summed E-state index contributed by atoms with van der Waals surface area (Å²) in [7, 11) is 0. The van der Waals surface area contributed by atoms with Gasteiger partial charge in [-0.2, -0.15) is 5.26 Å². The summed E-state index contributed by atoms with van der Waals surface area (Å²) in [4.78, 5) is 15.7. The van der Waals surface area contributed by atoms with Gasteiger partial charge in [-0.1, -0.05) is 12.1 Å². The van der Waals surface area contributed by atoms with Crippen LogP contribution in [0.3, 0.4) is 0 Å². The third kappa shape index (κ3) is 5.11. The van der Waals surface area contributed by atoms with Crippen LogP contribution in [0.1, 0.15) is 24.0 Å². The molecule has 0 radical (unpaired) electrons. The number of unbranched alkanes of at least 4 members (excludes halogenated alkanes) is 1. The van der Waals surface area contributed by atoms with Gasteiger partial charge in [-0.3, -0.25) is 4.79 Å². The number of benzene rings is 1. The fourth-order valence-corrected chi connectivity index (χ4v) is 2.01. The van der Waals surface area contributed by atoms with E-state index >= 15 is 0 Å². The molecule has 21 heavy (non-hydrogen) atoms. The molecule has 5 nitrogen and oxygen atoms in total. The van der Waals surface area contributed by atoms with Crippen LogP contribution >= 0.6 is 0 Å². The zero-order valence-corrected chi connectivity index (χ0v) is 11.8. The summed E-state index contributed by atoms with van der Waals surface area (Å²) in [6, 6.07) is 9.15. The number of amides is 1. The molecule has 0 spiro atoms. The number of nitrogens with one attached hydrogen (secondary N) is 1. The molecule has 1 heterocycles. The first-order chi connectivity index (χ1) is 10.3. The summed E-state index contributed by atoms with van der Waals surface area (Å²) in [5.41, 5.74) is 1.53. The number of rotatable bonds is 7. The van der Waals surface area contributed by atoms with Gasteiger partial charge in [0.25, 0.3) is 0 Å². The van der Waals surface area contributed by atoms with E-state index in [9.17, 15) is 4.79 Å². The monoisotopic (exact) mass is 282 g/mol. The van der Waals surface area contributed by atoms with Crippen LogP contribution in [0.15, 0.2) is 43.0 Å². The molecule has 0 unspecified atom stereocenters. The number of carbonyl (C=O) groups is 1. The van der Waals surface area contributed by atoms with E-state index in [4.69, 9.17) is 5.26 Å². The van der Waals surface area contributed by atoms with Crippen molar-refractivity contribution in [3.05, 3.63) is 54.1 Å². The Kier molecular flexibility index (Phi) is 5.53. The number of aromatic nitrogens is 2. The van der Waals surface area contributed by atoms with E-state index in [0.29, 0.717) is 18.5 Å². The molecule has 0 aliphatic heterocycles. The minimum absolute atomic E-state index is 0.0161. The molecule has 2 aromatic rings. The van der Waals surface area contributed by atoms with Gasteiger partial charge in [0, 0.05) is 25.5 Å². The van der Waals surface area contributed by atoms with E-state index in [1.807, 2.05) is 22.9 Å². The minimum Gasteiger partial charge on any atom is -0.356 e. The van der Waals surface area contributed by atoms with Gasteiger partial charge in [0.15, 0.2) is 0 Å². The highest BCUT2D eigenvalue weighted by Gasteiger charge is 2.02. The maximum absolute atomic E-state index is 11.8. The maximum Gasteiger partial charge on any atom is 0.224 e. The number of nitrogens with zero attached hydrogens (tertiary/aromatic N) is 3. The lowest BCUT2D eigenvalue weighted by atomic mass is 10.1. The summed E-state index contributed by atoms with van der Waals surface area (Å²) < 4.78 is 2.03. The van der Waals surface area contributed by atoms with E-state index in [1.165, 1.54) is 0 Å². The second-order valence-electron chi connectivity index (χ2n) is 4.84. The highest BCUT2D eigenvalue weighted by molar-refractivity contribution is 5.78. The van der Waals surface area contributed by atoms with E-state index in [1.54, 1.807) is 24.7 Å². The van der Waals surface area contributed by atoms with Gasteiger partial charge in [0.1, 0.15) is 0 Å². The second-order valence-corrected chi connectivity index (χ2v) is 4.84. The van der Waals surface area contributed by atoms with Crippen LogP contribution in [-0.4, -0.2) is 22.0 Å². The SMILES string of the molecule is N#Cc1ccc(CC(=O)NCCCCn2ccnc2)cc1. The number of imidazole rings is 1. The third-order valence-corrected chi connectivity index (χ3v) is 3.17. The standard InChI is InChI=1S/C16H18N4O/c17-12-15-5-3-14(4-6-15)11-16(21)19-7-1-2-9-20-10-8-18-13-20/h3-6,8,10,13H,1-2,7,9,11H2,(H,19,21). The van der Waals surface area contributed by atoms with Gasteiger partial charge in [0.2, 0.25) is 5.91 Å².